The molecular weight excluding hydrogens is 342 g/mol. The molecule has 26 heavy (non-hydrogen) atoms. The molecular formula is C21H22N3OS+. The molecule has 2 aliphatic heterocycles. The van der Waals surface area contributed by atoms with Gasteiger partial charge < -0.3 is 15.5 Å². The SMILES string of the molecule is CC[NH+]1CCc2c(sc3c2C(=O)N[C@H](c2ccc4ccccc4c2)N3)C1. The zero-order valence-corrected chi connectivity index (χ0v) is 15.6. The number of thiophene rings is 1. The number of hydrogen-bond acceptors (Lipinski definition) is 3. The van der Waals surface area contributed by atoms with Gasteiger partial charge in [-0.25, -0.2) is 0 Å². The van der Waals surface area contributed by atoms with E-state index in [0.29, 0.717) is 0 Å². The van der Waals surface area contributed by atoms with E-state index >= 15 is 0 Å². The van der Waals surface area contributed by atoms with Gasteiger partial charge in [-0.15, -0.1) is 11.3 Å². The molecule has 3 aromatic rings. The zero-order chi connectivity index (χ0) is 17.7. The third-order valence-corrected chi connectivity index (χ3v) is 6.78. The summed E-state index contributed by atoms with van der Waals surface area (Å²) in [6, 6.07) is 14.7. The van der Waals surface area contributed by atoms with Crippen LogP contribution in [-0.2, 0) is 13.0 Å². The number of hydrogen-bond donors (Lipinski definition) is 3. The number of rotatable bonds is 2. The normalized spacial score (nSPS) is 21.7. The van der Waals surface area contributed by atoms with Gasteiger partial charge in [0.25, 0.3) is 5.91 Å². The van der Waals surface area contributed by atoms with Crippen LogP contribution in [0.15, 0.2) is 42.5 Å². The summed E-state index contributed by atoms with van der Waals surface area (Å²) in [7, 11) is 0. The van der Waals surface area contributed by atoms with Crippen molar-refractivity contribution in [3.8, 4) is 0 Å². The van der Waals surface area contributed by atoms with E-state index in [0.717, 1.165) is 42.2 Å². The van der Waals surface area contributed by atoms with E-state index in [4.69, 9.17) is 0 Å². The van der Waals surface area contributed by atoms with Gasteiger partial charge in [0.2, 0.25) is 0 Å². The fourth-order valence-corrected chi connectivity index (χ4v) is 5.45. The molecule has 1 aromatic heterocycles. The predicted octanol–water partition coefficient (Wildman–Crippen LogP) is 2.72. The first-order valence-corrected chi connectivity index (χ1v) is 10.1. The van der Waals surface area contributed by atoms with Gasteiger partial charge in [0, 0.05) is 6.42 Å². The third-order valence-electron chi connectivity index (χ3n) is 5.61. The highest BCUT2D eigenvalue weighted by molar-refractivity contribution is 7.16. The molecule has 0 saturated heterocycles. The molecule has 4 nitrogen and oxygen atoms in total. The number of quaternary nitrogens is 1. The Bertz CT molecular complexity index is 1010. The molecule has 0 bridgehead atoms. The second-order valence-electron chi connectivity index (χ2n) is 7.15. The van der Waals surface area contributed by atoms with Gasteiger partial charge in [-0.2, -0.15) is 0 Å². The molecule has 0 saturated carbocycles. The fourth-order valence-electron chi connectivity index (χ4n) is 4.10. The van der Waals surface area contributed by atoms with Crippen LogP contribution in [0.2, 0.25) is 0 Å². The Balaban J connectivity index is 1.50. The minimum atomic E-state index is -0.172. The second kappa shape index (κ2) is 6.11. The van der Waals surface area contributed by atoms with Crippen LogP contribution in [0, 0.1) is 0 Å². The molecule has 2 aliphatic rings. The highest BCUT2D eigenvalue weighted by Gasteiger charge is 2.34. The number of carbonyl (C=O) groups is 1. The summed E-state index contributed by atoms with van der Waals surface area (Å²) in [4.78, 5) is 15.8. The second-order valence-corrected chi connectivity index (χ2v) is 8.25. The summed E-state index contributed by atoms with van der Waals surface area (Å²) in [5.74, 6) is 0.0642. The monoisotopic (exact) mass is 364 g/mol. The number of likely N-dealkylation sites (N-methyl/N-ethyl adjacent to an activating group) is 1. The van der Waals surface area contributed by atoms with Crippen molar-refractivity contribution in [2.45, 2.75) is 26.1 Å². The molecule has 1 amide bonds. The van der Waals surface area contributed by atoms with Crippen molar-refractivity contribution < 1.29 is 9.69 Å². The van der Waals surface area contributed by atoms with E-state index in [-0.39, 0.29) is 12.1 Å². The summed E-state index contributed by atoms with van der Waals surface area (Å²) in [6.45, 7) is 5.53. The smallest absolute Gasteiger partial charge is 0.256 e. The first-order valence-electron chi connectivity index (χ1n) is 9.27. The van der Waals surface area contributed by atoms with E-state index in [1.807, 2.05) is 12.1 Å². The number of fused-ring (bicyclic) bond motifs is 4. The van der Waals surface area contributed by atoms with Crippen LogP contribution in [0.25, 0.3) is 10.8 Å². The Morgan fingerprint density at radius 2 is 2.00 bits per heavy atom. The van der Waals surface area contributed by atoms with E-state index in [2.05, 4.69) is 47.9 Å². The van der Waals surface area contributed by atoms with Crippen LogP contribution < -0.4 is 15.5 Å². The molecule has 0 fully saturated rings. The third kappa shape index (κ3) is 2.50. The lowest BCUT2D eigenvalue weighted by molar-refractivity contribution is -0.913. The molecule has 5 heteroatoms. The molecule has 0 aliphatic carbocycles. The average Bonchev–Trinajstić information content (AvgIpc) is 3.05. The maximum atomic E-state index is 12.9. The Morgan fingerprint density at radius 3 is 2.85 bits per heavy atom. The molecule has 2 aromatic carbocycles. The van der Waals surface area contributed by atoms with Gasteiger partial charge in [0.15, 0.2) is 0 Å². The quantitative estimate of drug-likeness (QED) is 0.655. The molecule has 2 atom stereocenters. The lowest BCUT2D eigenvalue weighted by Crippen LogP contribution is -3.11. The fraction of sp³-hybridized carbons (Fsp3) is 0.286. The zero-order valence-electron chi connectivity index (χ0n) is 14.8. The summed E-state index contributed by atoms with van der Waals surface area (Å²) < 4.78 is 0. The number of anilines is 1. The number of carbonyl (C=O) groups excluding carboxylic acids is 1. The lowest BCUT2D eigenvalue weighted by Gasteiger charge is -2.27. The predicted molar refractivity (Wildman–Crippen MR) is 106 cm³/mol. The topological polar surface area (TPSA) is 45.6 Å². The number of benzene rings is 2. The van der Waals surface area contributed by atoms with Gasteiger partial charge >= 0.3 is 0 Å². The first-order chi connectivity index (χ1) is 12.7. The molecule has 1 unspecified atom stereocenters. The van der Waals surface area contributed by atoms with E-state index in [1.54, 1.807) is 16.2 Å². The highest BCUT2D eigenvalue weighted by atomic mass is 32.1. The first kappa shape index (κ1) is 15.9. The van der Waals surface area contributed by atoms with Crippen LogP contribution in [0.1, 0.15) is 39.5 Å². The molecule has 0 radical (unpaired) electrons. The Labute approximate surface area is 156 Å². The minimum absolute atomic E-state index is 0.0642. The van der Waals surface area contributed by atoms with Crippen LogP contribution in [-0.4, -0.2) is 19.0 Å². The van der Waals surface area contributed by atoms with Gasteiger partial charge in [-0.1, -0.05) is 36.4 Å². The maximum Gasteiger partial charge on any atom is 0.256 e. The van der Waals surface area contributed by atoms with Crippen molar-refractivity contribution in [2.24, 2.45) is 0 Å². The summed E-state index contributed by atoms with van der Waals surface area (Å²) in [5.41, 5.74) is 3.25. The standard InChI is InChI=1S/C21H21N3OS/c1-2-24-10-9-16-17(12-24)26-21-18(16)20(25)22-19(23-21)15-8-7-13-5-3-4-6-14(13)11-15/h3-8,11,19,23H,2,9-10,12H2,1H3,(H,22,25)/p+1/t19-/m0/s1. The summed E-state index contributed by atoms with van der Waals surface area (Å²) in [6.07, 6.45) is 0.828. The maximum absolute atomic E-state index is 12.9. The van der Waals surface area contributed by atoms with Gasteiger partial charge in [0.1, 0.15) is 17.7 Å². The Kier molecular flexibility index (Phi) is 3.72. The Hall–Kier alpha value is -2.37. The van der Waals surface area contributed by atoms with Crippen LogP contribution in [0.3, 0.4) is 0 Å². The highest BCUT2D eigenvalue weighted by Crippen LogP contribution is 2.39. The molecule has 3 heterocycles. The van der Waals surface area contributed by atoms with Crippen LogP contribution in [0.5, 0.6) is 0 Å². The van der Waals surface area contributed by atoms with E-state index in [1.165, 1.54) is 21.2 Å². The van der Waals surface area contributed by atoms with Crippen molar-refractivity contribution in [2.75, 3.05) is 18.4 Å². The summed E-state index contributed by atoms with van der Waals surface area (Å²) >= 11 is 1.77. The lowest BCUT2D eigenvalue weighted by atomic mass is 9.99. The van der Waals surface area contributed by atoms with E-state index < -0.39 is 0 Å². The number of amides is 1. The van der Waals surface area contributed by atoms with Crippen LogP contribution in [0.4, 0.5) is 5.00 Å². The van der Waals surface area contributed by atoms with Crippen molar-refractivity contribution in [3.63, 3.8) is 0 Å². The average molecular weight is 364 g/mol. The molecule has 5 rings (SSSR count). The van der Waals surface area contributed by atoms with Crippen molar-refractivity contribution in [3.05, 3.63) is 64.0 Å². The molecule has 0 spiro atoms. The van der Waals surface area contributed by atoms with Gasteiger partial charge in [-0.05, 0) is 34.9 Å². The van der Waals surface area contributed by atoms with Crippen molar-refractivity contribution in [1.29, 1.82) is 0 Å². The largest absolute Gasteiger partial charge is 0.353 e. The molecule has 3 N–H and O–H groups in total. The van der Waals surface area contributed by atoms with Crippen molar-refractivity contribution >= 4 is 33.0 Å². The van der Waals surface area contributed by atoms with Gasteiger partial charge in [-0.3, -0.25) is 4.79 Å². The van der Waals surface area contributed by atoms with Crippen LogP contribution >= 0.6 is 11.3 Å². The minimum Gasteiger partial charge on any atom is -0.353 e. The number of nitrogens with one attached hydrogen (secondary N) is 3. The summed E-state index contributed by atoms with van der Waals surface area (Å²) in [5, 5.41) is 10.2. The van der Waals surface area contributed by atoms with Crippen molar-refractivity contribution in [1.82, 2.24) is 5.32 Å². The molecule has 132 valence electrons. The van der Waals surface area contributed by atoms with Gasteiger partial charge in [0.05, 0.1) is 23.5 Å². The Morgan fingerprint density at radius 1 is 1.15 bits per heavy atom. The van der Waals surface area contributed by atoms with E-state index in [9.17, 15) is 4.79 Å².